The molecule has 48 heavy (non-hydrogen) atoms. The second-order valence-corrected chi connectivity index (χ2v) is 16.9. The number of ether oxygens (including phenoxy) is 4. The third-order valence-electron chi connectivity index (χ3n) is 8.65. The van der Waals surface area contributed by atoms with Gasteiger partial charge in [0.05, 0.1) is 30.9 Å². The number of benzene rings is 3. The molecule has 0 saturated carbocycles. The van der Waals surface area contributed by atoms with Gasteiger partial charge in [0, 0.05) is 6.42 Å². The van der Waals surface area contributed by atoms with Gasteiger partial charge in [-0.25, -0.2) is 9.59 Å². The van der Waals surface area contributed by atoms with E-state index in [1.807, 2.05) is 6.92 Å². The number of aliphatic hydroxyl groups excluding tert-OH is 1. The normalized spacial score (nSPS) is 13.6. The number of esters is 2. The van der Waals surface area contributed by atoms with Crippen LogP contribution in [0.25, 0.3) is 0 Å². The number of carbonyl (C=O) groups excluding carboxylic acids is 3. The molecule has 3 rings (SSSR count). The molecule has 8 nitrogen and oxygen atoms in total. The van der Waals surface area contributed by atoms with Crippen molar-refractivity contribution < 1.29 is 38.4 Å². The first-order valence-corrected chi connectivity index (χ1v) is 19.2. The molecule has 3 aromatic carbocycles. The Hall–Kier alpha value is -4.23. The molecular formula is C39H48O8Si. The highest BCUT2D eigenvalue weighted by Crippen LogP contribution is 2.22. The van der Waals surface area contributed by atoms with E-state index in [1.54, 1.807) is 92.0 Å². The van der Waals surface area contributed by atoms with Crippen LogP contribution in [0.2, 0.25) is 18.1 Å². The maximum absolute atomic E-state index is 14.2. The van der Waals surface area contributed by atoms with Crippen LogP contribution in [-0.4, -0.2) is 62.9 Å². The molecule has 0 aliphatic heterocycles. The molecule has 1 N–H and O–H groups in total. The maximum atomic E-state index is 14.2. The van der Waals surface area contributed by atoms with Crippen molar-refractivity contribution in [3.63, 3.8) is 0 Å². The van der Waals surface area contributed by atoms with Gasteiger partial charge in [-0.2, -0.15) is 0 Å². The van der Waals surface area contributed by atoms with Crippen molar-refractivity contribution in [1.82, 2.24) is 0 Å². The molecule has 0 aliphatic rings. The fourth-order valence-corrected chi connectivity index (χ4v) is 7.78. The highest BCUT2D eigenvalue weighted by Gasteiger charge is 2.37. The second kappa shape index (κ2) is 19.6. The predicted molar refractivity (Wildman–Crippen MR) is 188 cm³/mol. The van der Waals surface area contributed by atoms with Crippen LogP contribution in [0.15, 0.2) is 84.9 Å². The van der Waals surface area contributed by atoms with Gasteiger partial charge in [0.2, 0.25) is 5.78 Å². The van der Waals surface area contributed by atoms with Crippen LogP contribution >= 0.6 is 0 Å². The summed E-state index contributed by atoms with van der Waals surface area (Å²) in [4.78, 5) is 40.1. The van der Waals surface area contributed by atoms with Crippen molar-refractivity contribution >= 4 is 25.8 Å². The van der Waals surface area contributed by atoms with Crippen molar-refractivity contribution in [2.24, 2.45) is 5.92 Å². The first-order chi connectivity index (χ1) is 23.1. The van der Waals surface area contributed by atoms with Crippen molar-refractivity contribution in [2.75, 3.05) is 13.7 Å². The zero-order chi connectivity index (χ0) is 34.9. The van der Waals surface area contributed by atoms with E-state index in [4.69, 9.17) is 18.9 Å². The lowest BCUT2D eigenvalue weighted by molar-refractivity contribution is -0.151. The molecule has 0 aliphatic carbocycles. The zero-order valence-electron chi connectivity index (χ0n) is 28.6. The average Bonchev–Trinajstić information content (AvgIpc) is 3.12. The van der Waals surface area contributed by atoms with E-state index < -0.39 is 50.7 Å². The van der Waals surface area contributed by atoms with Crippen LogP contribution in [0.3, 0.4) is 0 Å². The fourth-order valence-electron chi connectivity index (χ4n) is 5.28. The Morgan fingerprint density at radius 2 is 1.38 bits per heavy atom. The van der Waals surface area contributed by atoms with Gasteiger partial charge in [0.25, 0.3) is 0 Å². The van der Waals surface area contributed by atoms with E-state index in [0.29, 0.717) is 12.2 Å². The van der Waals surface area contributed by atoms with Gasteiger partial charge < -0.3 is 24.1 Å². The van der Waals surface area contributed by atoms with E-state index in [0.717, 1.165) is 23.7 Å². The standard InChI is InChI=1S/C39H48O8Si/c1-6-48(7-2,8-3)25-15-16-29(4)26-34(40)37(45-27-30-21-23-33(44-5)24-22-30)36(41)35(47-39(43)32-19-13-10-14-20-32)28-46-38(42)31-17-11-9-12-18-31/h9-14,17-24,29,34-35,37,40H,6-8,16,26-28H2,1-5H3/t29-,34-,35+,37-/m1/s1. The average molecular weight is 673 g/mol. The lowest BCUT2D eigenvalue weighted by Crippen LogP contribution is -2.46. The quantitative estimate of drug-likeness (QED) is 0.0870. The summed E-state index contributed by atoms with van der Waals surface area (Å²) in [6.45, 7) is 8.02. The number of aliphatic hydroxyl groups is 1. The zero-order valence-corrected chi connectivity index (χ0v) is 29.6. The van der Waals surface area contributed by atoms with Crippen LogP contribution < -0.4 is 4.74 Å². The minimum absolute atomic E-state index is 0.00752. The summed E-state index contributed by atoms with van der Waals surface area (Å²) in [5.74, 6) is 1.82. The van der Waals surface area contributed by atoms with Gasteiger partial charge in [-0.05, 0) is 72.4 Å². The fraction of sp³-hybridized carbons (Fsp3) is 0.410. The Balaban J connectivity index is 1.86. The van der Waals surface area contributed by atoms with Crippen LogP contribution in [-0.2, 0) is 25.6 Å². The number of ketones is 1. The molecule has 0 fully saturated rings. The molecule has 256 valence electrons. The van der Waals surface area contributed by atoms with Crippen molar-refractivity contribution in [3.05, 3.63) is 102 Å². The minimum Gasteiger partial charge on any atom is -0.497 e. The molecule has 0 unspecified atom stereocenters. The van der Waals surface area contributed by atoms with E-state index >= 15 is 0 Å². The van der Waals surface area contributed by atoms with Gasteiger partial charge >= 0.3 is 11.9 Å². The molecule has 0 amide bonds. The smallest absolute Gasteiger partial charge is 0.338 e. The maximum Gasteiger partial charge on any atom is 0.338 e. The number of methoxy groups -OCH3 is 1. The Morgan fingerprint density at radius 3 is 1.92 bits per heavy atom. The van der Waals surface area contributed by atoms with E-state index in [1.165, 1.54) is 0 Å². The molecule has 9 heteroatoms. The van der Waals surface area contributed by atoms with Gasteiger partial charge in [-0.1, -0.05) is 76.2 Å². The summed E-state index contributed by atoms with van der Waals surface area (Å²) in [5, 5.41) is 11.5. The highest BCUT2D eigenvalue weighted by molar-refractivity contribution is 6.87. The first kappa shape index (κ1) is 38.2. The summed E-state index contributed by atoms with van der Waals surface area (Å²) < 4.78 is 22.4. The Morgan fingerprint density at radius 1 is 0.812 bits per heavy atom. The molecule has 3 aromatic rings. The lowest BCUT2D eigenvalue weighted by atomic mass is 9.94. The van der Waals surface area contributed by atoms with Crippen molar-refractivity contribution in [3.8, 4) is 17.2 Å². The summed E-state index contributed by atoms with van der Waals surface area (Å²) in [6.07, 6.45) is -3.40. The summed E-state index contributed by atoms with van der Waals surface area (Å²) in [7, 11) is -0.0561. The number of Topliss-reactive ketones (excluding diaryl/α,β-unsaturated/α-hetero) is 1. The third kappa shape index (κ3) is 11.5. The summed E-state index contributed by atoms with van der Waals surface area (Å²) >= 11 is 0. The molecule has 0 heterocycles. The molecule has 0 bridgehead atoms. The Kier molecular flexibility index (Phi) is 15.6. The molecule has 0 radical (unpaired) electrons. The van der Waals surface area contributed by atoms with E-state index in [2.05, 4.69) is 32.2 Å². The van der Waals surface area contributed by atoms with Crippen LogP contribution in [0.4, 0.5) is 0 Å². The number of hydrogen-bond acceptors (Lipinski definition) is 8. The Bertz CT molecular complexity index is 1490. The van der Waals surface area contributed by atoms with Crippen LogP contribution in [0.5, 0.6) is 5.75 Å². The SMILES string of the molecule is CC[Si](C#CC[C@@H](C)C[C@@H](O)[C@@H](OCc1ccc(OC)cc1)C(=O)[C@H](COC(=O)c1ccccc1)OC(=O)c1ccccc1)(CC)CC. The van der Waals surface area contributed by atoms with Gasteiger partial charge in [0.15, 0.2) is 6.10 Å². The van der Waals surface area contributed by atoms with Crippen LogP contribution in [0, 0.1) is 17.4 Å². The molecular weight excluding hydrogens is 625 g/mol. The molecule has 0 aromatic heterocycles. The van der Waals surface area contributed by atoms with Gasteiger partial charge in [-0.15, -0.1) is 11.5 Å². The molecule has 0 saturated heterocycles. The Labute approximate surface area is 285 Å². The van der Waals surface area contributed by atoms with E-state index in [-0.39, 0.29) is 30.1 Å². The minimum atomic E-state index is -1.62. The number of rotatable bonds is 18. The third-order valence-corrected chi connectivity index (χ3v) is 13.4. The lowest BCUT2D eigenvalue weighted by Gasteiger charge is -2.27. The summed E-state index contributed by atoms with van der Waals surface area (Å²) in [6, 6.07) is 26.9. The second-order valence-electron chi connectivity index (χ2n) is 12.0. The highest BCUT2D eigenvalue weighted by atomic mass is 28.3. The van der Waals surface area contributed by atoms with Crippen molar-refractivity contribution in [2.45, 2.75) is 83.6 Å². The van der Waals surface area contributed by atoms with Crippen molar-refractivity contribution in [1.29, 1.82) is 0 Å². The van der Waals surface area contributed by atoms with Crippen LogP contribution in [0.1, 0.15) is 66.8 Å². The van der Waals surface area contributed by atoms with E-state index in [9.17, 15) is 19.5 Å². The monoisotopic (exact) mass is 672 g/mol. The summed E-state index contributed by atoms with van der Waals surface area (Å²) in [5.41, 5.74) is 4.83. The van der Waals surface area contributed by atoms with Gasteiger partial charge in [-0.3, -0.25) is 4.79 Å². The predicted octanol–water partition coefficient (Wildman–Crippen LogP) is 7.06. The molecule has 4 atom stereocenters. The molecule has 0 spiro atoms. The topological polar surface area (TPSA) is 108 Å². The largest absolute Gasteiger partial charge is 0.497 e. The number of hydrogen-bond donors (Lipinski definition) is 1. The number of carbonyl (C=O) groups is 3. The van der Waals surface area contributed by atoms with Gasteiger partial charge in [0.1, 0.15) is 26.5 Å². The first-order valence-electron chi connectivity index (χ1n) is 16.6.